The predicted molar refractivity (Wildman–Crippen MR) is 76.4 cm³/mol. The standard InChI is InChI=1S/C14H19N3O3/c1-2-14(6-3-7-14)9-16-13(18)10-4-5-12(17(19)20)11(15)8-10/h4-5,8H,2-3,6-7,9,15H2,1H3,(H,16,18). The molecule has 0 atom stereocenters. The molecule has 3 N–H and O–H groups in total. The number of rotatable bonds is 5. The molecule has 6 nitrogen and oxygen atoms in total. The first-order valence-electron chi connectivity index (χ1n) is 6.79. The van der Waals surface area contributed by atoms with E-state index in [9.17, 15) is 14.9 Å². The molecule has 0 aromatic heterocycles. The van der Waals surface area contributed by atoms with Crippen molar-refractivity contribution < 1.29 is 9.72 Å². The Morgan fingerprint density at radius 3 is 2.65 bits per heavy atom. The smallest absolute Gasteiger partial charge is 0.292 e. The maximum Gasteiger partial charge on any atom is 0.292 e. The maximum atomic E-state index is 12.0. The summed E-state index contributed by atoms with van der Waals surface area (Å²) < 4.78 is 0. The SMILES string of the molecule is CCC1(CNC(=O)c2ccc([N+](=O)[O-])c(N)c2)CCC1. The average molecular weight is 277 g/mol. The largest absolute Gasteiger partial charge is 0.393 e. The molecule has 2 rings (SSSR count). The van der Waals surface area contributed by atoms with Gasteiger partial charge < -0.3 is 11.1 Å². The minimum atomic E-state index is -0.558. The first kappa shape index (κ1) is 14.3. The summed E-state index contributed by atoms with van der Waals surface area (Å²) in [6.45, 7) is 2.79. The summed E-state index contributed by atoms with van der Waals surface area (Å²) in [5.41, 5.74) is 6.02. The van der Waals surface area contributed by atoms with Crippen LogP contribution in [0, 0.1) is 15.5 Å². The van der Waals surface area contributed by atoms with Crippen LogP contribution in [0.1, 0.15) is 43.0 Å². The van der Waals surface area contributed by atoms with E-state index in [4.69, 9.17) is 5.73 Å². The fourth-order valence-electron chi connectivity index (χ4n) is 2.56. The van der Waals surface area contributed by atoms with Gasteiger partial charge in [-0.15, -0.1) is 0 Å². The number of nitrogens with one attached hydrogen (secondary N) is 1. The van der Waals surface area contributed by atoms with Crippen molar-refractivity contribution in [3.05, 3.63) is 33.9 Å². The quantitative estimate of drug-likeness (QED) is 0.490. The van der Waals surface area contributed by atoms with Crippen LogP contribution in [0.2, 0.25) is 0 Å². The predicted octanol–water partition coefficient (Wildman–Crippen LogP) is 2.49. The van der Waals surface area contributed by atoms with Crippen molar-refractivity contribution in [2.24, 2.45) is 5.41 Å². The van der Waals surface area contributed by atoms with Crippen LogP contribution in [0.25, 0.3) is 0 Å². The Balaban J connectivity index is 2.02. The summed E-state index contributed by atoms with van der Waals surface area (Å²) in [7, 11) is 0. The van der Waals surface area contributed by atoms with E-state index in [0.29, 0.717) is 12.1 Å². The monoisotopic (exact) mass is 277 g/mol. The van der Waals surface area contributed by atoms with Gasteiger partial charge in [0.05, 0.1) is 4.92 Å². The van der Waals surface area contributed by atoms with Crippen molar-refractivity contribution in [1.82, 2.24) is 5.32 Å². The van der Waals surface area contributed by atoms with Gasteiger partial charge in [-0.05, 0) is 36.8 Å². The van der Waals surface area contributed by atoms with Crippen LogP contribution in [0.4, 0.5) is 11.4 Å². The lowest BCUT2D eigenvalue weighted by atomic mass is 9.67. The minimum absolute atomic E-state index is 0.0106. The molecule has 1 fully saturated rings. The lowest BCUT2D eigenvalue weighted by Crippen LogP contribution is -2.41. The van der Waals surface area contributed by atoms with Crippen LogP contribution < -0.4 is 11.1 Å². The summed E-state index contributed by atoms with van der Waals surface area (Å²) in [5.74, 6) is -0.230. The molecule has 1 aliphatic carbocycles. The number of nitrogens with two attached hydrogens (primary N) is 1. The number of nitro groups is 1. The highest BCUT2D eigenvalue weighted by molar-refractivity contribution is 5.95. The van der Waals surface area contributed by atoms with Crippen molar-refractivity contribution in [2.75, 3.05) is 12.3 Å². The Labute approximate surface area is 117 Å². The molecule has 1 saturated carbocycles. The first-order valence-corrected chi connectivity index (χ1v) is 6.79. The number of anilines is 1. The number of nitrogens with zero attached hydrogens (tertiary/aromatic N) is 1. The van der Waals surface area contributed by atoms with Crippen LogP contribution >= 0.6 is 0 Å². The Bertz CT molecular complexity index is 533. The molecule has 108 valence electrons. The molecule has 0 aliphatic heterocycles. The summed E-state index contributed by atoms with van der Waals surface area (Å²) in [6, 6.07) is 4.05. The number of benzene rings is 1. The third kappa shape index (κ3) is 2.74. The van der Waals surface area contributed by atoms with Crippen LogP contribution in [0.15, 0.2) is 18.2 Å². The van der Waals surface area contributed by atoms with Crippen LogP contribution in [0.5, 0.6) is 0 Å². The van der Waals surface area contributed by atoms with Crippen molar-refractivity contribution in [2.45, 2.75) is 32.6 Å². The maximum absolute atomic E-state index is 12.0. The molecule has 0 spiro atoms. The number of carbonyl (C=O) groups excluding carboxylic acids is 1. The number of hydrogen-bond donors (Lipinski definition) is 2. The fraction of sp³-hybridized carbons (Fsp3) is 0.500. The summed E-state index contributed by atoms with van der Waals surface area (Å²) in [4.78, 5) is 22.2. The Morgan fingerprint density at radius 1 is 1.50 bits per heavy atom. The summed E-state index contributed by atoms with van der Waals surface area (Å²) in [6.07, 6.45) is 4.56. The molecule has 20 heavy (non-hydrogen) atoms. The van der Waals surface area contributed by atoms with E-state index in [1.54, 1.807) is 0 Å². The van der Waals surface area contributed by atoms with Gasteiger partial charge in [0.1, 0.15) is 5.69 Å². The van der Waals surface area contributed by atoms with Crippen molar-refractivity contribution >= 4 is 17.3 Å². The zero-order chi connectivity index (χ0) is 14.8. The third-order valence-corrected chi connectivity index (χ3v) is 4.27. The van der Waals surface area contributed by atoms with E-state index in [0.717, 1.165) is 19.3 Å². The van der Waals surface area contributed by atoms with Crippen LogP contribution in [0.3, 0.4) is 0 Å². The van der Waals surface area contributed by atoms with Gasteiger partial charge in [-0.2, -0.15) is 0 Å². The van der Waals surface area contributed by atoms with E-state index >= 15 is 0 Å². The molecule has 0 saturated heterocycles. The molecule has 1 aromatic carbocycles. The van der Waals surface area contributed by atoms with Gasteiger partial charge in [-0.25, -0.2) is 0 Å². The molecule has 0 heterocycles. The number of nitrogen functional groups attached to an aromatic ring is 1. The number of amides is 1. The number of nitro benzene ring substituents is 1. The number of carbonyl (C=O) groups is 1. The van der Waals surface area contributed by atoms with Gasteiger partial charge in [0.25, 0.3) is 11.6 Å². The number of hydrogen-bond acceptors (Lipinski definition) is 4. The minimum Gasteiger partial charge on any atom is -0.393 e. The third-order valence-electron chi connectivity index (χ3n) is 4.27. The van der Waals surface area contributed by atoms with Gasteiger partial charge in [-0.3, -0.25) is 14.9 Å². The van der Waals surface area contributed by atoms with E-state index in [2.05, 4.69) is 12.2 Å². The molecule has 0 bridgehead atoms. The first-order chi connectivity index (χ1) is 9.47. The molecule has 1 amide bonds. The molecular formula is C14H19N3O3. The van der Waals surface area contributed by atoms with E-state index in [1.807, 2.05) is 0 Å². The molecular weight excluding hydrogens is 258 g/mol. The second-order valence-electron chi connectivity index (χ2n) is 5.42. The van der Waals surface area contributed by atoms with Gasteiger partial charge in [0, 0.05) is 18.2 Å². The molecule has 6 heteroatoms. The highest BCUT2D eigenvalue weighted by Gasteiger charge is 2.35. The van der Waals surface area contributed by atoms with Gasteiger partial charge in [-0.1, -0.05) is 13.3 Å². The van der Waals surface area contributed by atoms with Gasteiger partial charge in [0.15, 0.2) is 0 Å². The van der Waals surface area contributed by atoms with Crippen molar-refractivity contribution in [3.8, 4) is 0 Å². The van der Waals surface area contributed by atoms with E-state index in [1.165, 1.54) is 24.6 Å². The molecule has 0 radical (unpaired) electrons. The molecule has 1 aliphatic rings. The average Bonchev–Trinajstić information content (AvgIpc) is 2.37. The zero-order valence-corrected chi connectivity index (χ0v) is 11.5. The Kier molecular flexibility index (Phi) is 3.92. The summed E-state index contributed by atoms with van der Waals surface area (Å²) in [5, 5.41) is 13.6. The molecule has 0 unspecified atom stereocenters. The van der Waals surface area contributed by atoms with Crippen molar-refractivity contribution in [3.63, 3.8) is 0 Å². The molecule has 1 aromatic rings. The second kappa shape index (κ2) is 5.48. The Morgan fingerprint density at radius 2 is 2.20 bits per heavy atom. The van der Waals surface area contributed by atoms with E-state index in [-0.39, 0.29) is 22.7 Å². The van der Waals surface area contributed by atoms with Crippen molar-refractivity contribution in [1.29, 1.82) is 0 Å². The highest BCUT2D eigenvalue weighted by atomic mass is 16.6. The lowest BCUT2D eigenvalue weighted by molar-refractivity contribution is -0.383. The van der Waals surface area contributed by atoms with E-state index < -0.39 is 4.92 Å². The Hall–Kier alpha value is -2.11. The van der Waals surface area contributed by atoms with Crippen LogP contribution in [-0.4, -0.2) is 17.4 Å². The highest BCUT2D eigenvalue weighted by Crippen LogP contribution is 2.43. The topological polar surface area (TPSA) is 98.3 Å². The zero-order valence-electron chi connectivity index (χ0n) is 11.5. The lowest BCUT2D eigenvalue weighted by Gasteiger charge is -2.41. The fourth-order valence-corrected chi connectivity index (χ4v) is 2.56. The van der Waals surface area contributed by atoms with Crippen LogP contribution in [-0.2, 0) is 0 Å². The second-order valence-corrected chi connectivity index (χ2v) is 5.42. The van der Waals surface area contributed by atoms with Gasteiger partial charge >= 0.3 is 0 Å². The normalized spacial score (nSPS) is 16.2. The summed E-state index contributed by atoms with van der Waals surface area (Å²) >= 11 is 0. The van der Waals surface area contributed by atoms with Gasteiger partial charge in [0.2, 0.25) is 0 Å².